The molecule has 1 aromatic rings. The van der Waals surface area contributed by atoms with Crippen molar-refractivity contribution in [2.75, 3.05) is 44.7 Å². The Labute approximate surface area is 173 Å². The number of para-hydroxylation sites is 2. The fraction of sp³-hybridized carbons (Fsp3) is 0.579. The average Bonchev–Trinajstić information content (AvgIpc) is 2.63. The van der Waals surface area contributed by atoms with Crippen LogP contribution in [0.1, 0.15) is 26.2 Å². The first kappa shape index (κ1) is 20.8. The molecule has 2 aliphatic rings. The van der Waals surface area contributed by atoms with Gasteiger partial charge in [-0.3, -0.25) is 9.79 Å². The zero-order valence-electron chi connectivity index (χ0n) is 15.6. The van der Waals surface area contributed by atoms with Crippen molar-refractivity contribution in [2.24, 2.45) is 10.9 Å². The van der Waals surface area contributed by atoms with E-state index in [1.54, 1.807) is 0 Å². The standard InChI is InChI=1S/C19H28N4O2.HI/c1-15-7-5-11-22(13-15)19(20-2)21-10-6-12-23-16-8-3-4-9-17(16)25-14-18(23)24;/h3-4,8-9,15H,5-7,10-14H2,1-2H3,(H,20,21);1H. The average molecular weight is 472 g/mol. The zero-order valence-corrected chi connectivity index (χ0v) is 17.9. The lowest BCUT2D eigenvalue weighted by Gasteiger charge is -2.33. The van der Waals surface area contributed by atoms with Crippen LogP contribution in [0, 0.1) is 5.92 Å². The summed E-state index contributed by atoms with van der Waals surface area (Å²) in [6, 6.07) is 7.71. The molecule has 3 rings (SSSR count). The summed E-state index contributed by atoms with van der Waals surface area (Å²) in [5.74, 6) is 2.50. The van der Waals surface area contributed by atoms with Gasteiger partial charge < -0.3 is 19.9 Å². The maximum atomic E-state index is 12.2. The third-order valence-corrected chi connectivity index (χ3v) is 4.82. The smallest absolute Gasteiger partial charge is 0.265 e. The molecule has 1 N–H and O–H groups in total. The molecule has 0 bridgehead atoms. The van der Waals surface area contributed by atoms with Gasteiger partial charge in [-0.1, -0.05) is 19.1 Å². The minimum atomic E-state index is 0. The number of hydrogen-bond acceptors (Lipinski definition) is 3. The van der Waals surface area contributed by atoms with Crippen molar-refractivity contribution in [3.8, 4) is 5.75 Å². The van der Waals surface area contributed by atoms with Gasteiger partial charge in [-0.2, -0.15) is 0 Å². The predicted molar refractivity (Wildman–Crippen MR) is 116 cm³/mol. The van der Waals surface area contributed by atoms with Gasteiger partial charge >= 0.3 is 0 Å². The van der Waals surface area contributed by atoms with E-state index in [4.69, 9.17) is 4.74 Å². The van der Waals surface area contributed by atoms with Crippen molar-refractivity contribution in [3.05, 3.63) is 24.3 Å². The topological polar surface area (TPSA) is 57.2 Å². The number of guanidine groups is 1. The van der Waals surface area contributed by atoms with Crippen LogP contribution in [-0.4, -0.2) is 56.6 Å². The highest BCUT2D eigenvalue weighted by atomic mass is 127. The Morgan fingerprint density at radius 3 is 2.96 bits per heavy atom. The van der Waals surface area contributed by atoms with Gasteiger partial charge in [0.05, 0.1) is 5.69 Å². The number of fused-ring (bicyclic) bond motifs is 1. The Hall–Kier alpha value is -1.51. The van der Waals surface area contributed by atoms with Gasteiger partial charge in [0, 0.05) is 33.2 Å². The van der Waals surface area contributed by atoms with Crippen LogP contribution >= 0.6 is 24.0 Å². The molecule has 0 spiro atoms. The summed E-state index contributed by atoms with van der Waals surface area (Å²) in [4.78, 5) is 20.7. The molecule has 7 heteroatoms. The van der Waals surface area contributed by atoms with Gasteiger partial charge in [0.15, 0.2) is 12.6 Å². The van der Waals surface area contributed by atoms with E-state index < -0.39 is 0 Å². The van der Waals surface area contributed by atoms with Gasteiger partial charge in [0.2, 0.25) is 0 Å². The molecule has 0 radical (unpaired) electrons. The molecule has 0 aromatic heterocycles. The number of benzene rings is 1. The third-order valence-electron chi connectivity index (χ3n) is 4.82. The number of anilines is 1. The highest BCUT2D eigenvalue weighted by molar-refractivity contribution is 14.0. The van der Waals surface area contributed by atoms with Crippen LogP contribution in [0.3, 0.4) is 0 Å². The predicted octanol–water partition coefficient (Wildman–Crippen LogP) is 2.73. The van der Waals surface area contributed by atoms with Crippen molar-refractivity contribution in [1.82, 2.24) is 10.2 Å². The maximum absolute atomic E-state index is 12.2. The highest BCUT2D eigenvalue weighted by Crippen LogP contribution is 2.31. The summed E-state index contributed by atoms with van der Waals surface area (Å²) in [5.41, 5.74) is 0.869. The van der Waals surface area contributed by atoms with Crippen LogP contribution < -0.4 is 15.0 Å². The largest absolute Gasteiger partial charge is 0.482 e. The summed E-state index contributed by atoms with van der Waals surface area (Å²) in [6.07, 6.45) is 3.38. The number of nitrogens with zero attached hydrogens (tertiary/aromatic N) is 3. The van der Waals surface area contributed by atoms with E-state index >= 15 is 0 Å². The Morgan fingerprint density at radius 1 is 1.38 bits per heavy atom. The molecule has 6 nitrogen and oxygen atoms in total. The molecule has 0 saturated carbocycles. The number of carbonyl (C=O) groups is 1. The van der Waals surface area contributed by atoms with Crippen LogP contribution in [0.25, 0.3) is 0 Å². The zero-order chi connectivity index (χ0) is 17.6. The van der Waals surface area contributed by atoms with E-state index in [1.807, 2.05) is 36.2 Å². The van der Waals surface area contributed by atoms with Crippen molar-refractivity contribution in [3.63, 3.8) is 0 Å². The van der Waals surface area contributed by atoms with Gasteiger partial charge in [-0.25, -0.2) is 0 Å². The molecular formula is C19H29IN4O2. The van der Waals surface area contributed by atoms with Gasteiger partial charge in [0.1, 0.15) is 5.75 Å². The first-order valence-corrected chi connectivity index (χ1v) is 9.17. The van der Waals surface area contributed by atoms with E-state index in [0.29, 0.717) is 6.54 Å². The minimum absolute atomic E-state index is 0. The number of aliphatic imine (C=N–C) groups is 1. The van der Waals surface area contributed by atoms with E-state index in [0.717, 1.165) is 49.4 Å². The second-order valence-corrected chi connectivity index (χ2v) is 6.82. The van der Waals surface area contributed by atoms with Gasteiger partial charge in [-0.05, 0) is 37.3 Å². The second-order valence-electron chi connectivity index (χ2n) is 6.82. The Balaban J connectivity index is 0.00000243. The van der Waals surface area contributed by atoms with Crippen molar-refractivity contribution >= 4 is 41.5 Å². The van der Waals surface area contributed by atoms with Crippen molar-refractivity contribution < 1.29 is 9.53 Å². The van der Waals surface area contributed by atoms with E-state index in [9.17, 15) is 4.79 Å². The summed E-state index contributed by atoms with van der Waals surface area (Å²) < 4.78 is 5.48. The summed E-state index contributed by atoms with van der Waals surface area (Å²) >= 11 is 0. The molecule has 1 saturated heterocycles. The van der Waals surface area contributed by atoms with Crippen LogP contribution in [0.4, 0.5) is 5.69 Å². The number of hydrogen-bond donors (Lipinski definition) is 1. The quantitative estimate of drug-likeness (QED) is 0.317. The normalized spacial score (nSPS) is 20.2. The van der Waals surface area contributed by atoms with Crippen LogP contribution in [0.15, 0.2) is 29.3 Å². The number of amides is 1. The highest BCUT2D eigenvalue weighted by Gasteiger charge is 2.24. The lowest BCUT2D eigenvalue weighted by atomic mass is 10.0. The van der Waals surface area contributed by atoms with Gasteiger partial charge in [-0.15, -0.1) is 24.0 Å². The fourth-order valence-electron chi connectivity index (χ4n) is 3.55. The second kappa shape index (κ2) is 9.99. The number of halogens is 1. The number of likely N-dealkylation sites (tertiary alicyclic amines) is 1. The van der Waals surface area contributed by atoms with E-state index in [2.05, 4.69) is 22.1 Å². The Bertz CT molecular complexity index is 638. The molecular weight excluding hydrogens is 443 g/mol. The van der Waals surface area contributed by atoms with Gasteiger partial charge in [0.25, 0.3) is 5.91 Å². The lowest BCUT2D eigenvalue weighted by Crippen LogP contribution is -2.47. The summed E-state index contributed by atoms with van der Waals surface area (Å²) in [7, 11) is 1.84. The third kappa shape index (κ3) is 5.02. The number of carbonyl (C=O) groups excluding carboxylic acids is 1. The number of nitrogens with one attached hydrogen (secondary N) is 1. The SMILES string of the molecule is CN=C(NCCCN1C(=O)COc2ccccc21)N1CCCC(C)C1.I. The summed E-state index contributed by atoms with van der Waals surface area (Å²) in [6.45, 7) is 6.02. The van der Waals surface area contributed by atoms with Crippen LogP contribution in [-0.2, 0) is 4.79 Å². The maximum Gasteiger partial charge on any atom is 0.265 e. The van der Waals surface area contributed by atoms with E-state index in [1.165, 1.54) is 12.8 Å². The molecule has 1 fully saturated rings. The van der Waals surface area contributed by atoms with Crippen LogP contribution in [0.5, 0.6) is 5.75 Å². The molecule has 0 aliphatic carbocycles. The molecule has 2 heterocycles. The first-order chi connectivity index (χ1) is 12.2. The minimum Gasteiger partial charge on any atom is -0.482 e. The lowest BCUT2D eigenvalue weighted by molar-refractivity contribution is -0.121. The molecule has 1 aromatic carbocycles. The Kier molecular flexibility index (Phi) is 7.99. The van der Waals surface area contributed by atoms with Crippen LogP contribution in [0.2, 0.25) is 0 Å². The molecule has 2 aliphatic heterocycles. The molecule has 144 valence electrons. The van der Waals surface area contributed by atoms with E-state index in [-0.39, 0.29) is 36.5 Å². The molecule has 26 heavy (non-hydrogen) atoms. The first-order valence-electron chi connectivity index (χ1n) is 9.17. The summed E-state index contributed by atoms with van der Waals surface area (Å²) in [5, 5.41) is 3.44. The molecule has 1 amide bonds. The molecule has 1 atom stereocenters. The monoisotopic (exact) mass is 472 g/mol. The van der Waals surface area contributed by atoms with Crippen molar-refractivity contribution in [2.45, 2.75) is 26.2 Å². The fourth-order valence-corrected chi connectivity index (χ4v) is 3.55. The Morgan fingerprint density at radius 2 is 2.19 bits per heavy atom. The van der Waals surface area contributed by atoms with Crippen molar-refractivity contribution in [1.29, 1.82) is 0 Å². The number of ether oxygens (including phenoxy) is 1. The number of piperidine rings is 1. The molecule has 1 unspecified atom stereocenters. The number of rotatable bonds is 4.